The van der Waals surface area contributed by atoms with E-state index in [1.165, 1.54) is 0 Å². The number of amides is 1. The van der Waals surface area contributed by atoms with Crippen LogP contribution in [0.2, 0.25) is 0 Å². The van der Waals surface area contributed by atoms with Crippen LogP contribution in [0.4, 0.5) is 5.82 Å². The van der Waals surface area contributed by atoms with Gasteiger partial charge in [0.05, 0.1) is 12.1 Å². The molecule has 0 bridgehead atoms. The summed E-state index contributed by atoms with van der Waals surface area (Å²) in [5.74, 6) is 0.646. The zero-order valence-electron chi connectivity index (χ0n) is 11.0. The highest BCUT2D eigenvalue weighted by Crippen LogP contribution is 2.23. The van der Waals surface area contributed by atoms with E-state index in [-0.39, 0.29) is 11.9 Å². The lowest BCUT2D eigenvalue weighted by atomic mass is 10.0. The zero-order chi connectivity index (χ0) is 13.1. The fourth-order valence-electron chi connectivity index (χ4n) is 2.47. The molecule has 1 aliphatic heterocycles. The molecule has 1 aliphatic rings. The van der Waals surface area contributed by atoms with E-state index in [9.17, 15) is 4.79 Å². The van der Waals surface area contributed by atoms with Crippen molar-refractivity contribution in [3.63, 3.8) is 0 Å². The molecule has 0 radical (unpaired) electrons. The Kier molecular flexibility index (Phi) is 3.86. The lowest BCUT2D eigenvalue weighted by Crippen LogP contribution is -2.47. The third-order valence-electron chi connectivity index (χ3n) is 3.68. The maximum absolute atomic E-state index is 11.6. The van der Waals surface area contributed by atoms with Crippen molar-refractivity contribution in [3.05, 3.63) is 12.3 Å². The Morgan fingerprint density at radius 2 is 2.22 bits per heavy atom. The summed E-state index contributed by atoms with van der Waals surface area (Å²) in [6, 6.07) is 2.16. The lowest BCUT2D eigenvalue weighted by molar-refractivity contribution is -0.125. The Hall–Kier alpha value is -1.56. The van der Waals surface area contributed by atoms with Gasteiger partial charge in [-0.05, 0) is 25.8 Å². The van der Waals surface area contributed by atoms with Gasteiger partial charge >= 0.3 is 0 Å². The summed E-state index contributed by atoms with van der Waals surface area (Å²) in [5, 5.41) is 6.95. The smallest absolute Gasteiger partial charge is 0.236 e. The van der Waals surface area contributed by atoms with Crippen molar-refractivity contribution in [2.45, 2.75) is 31.8 Å². The number of nitrogens with one attached hydrogen (secondary N) is 1. The number of piperidine rings is 1. The molecule has 0 spiro atoms. The van der Waals surface area contributed by atoms with Crippen LogP contribution < -0.4 is 11.1 Å². The van der Waals surface area contributed by atoms with Crippen LogP contribution in [0.25, 0.3) is 0 Å². The number of nitrogens with two attached hydrogens (primary N) is 1. The van der Waals surface area contributed by atoms with Gasteiger partial charge in [0, 0.05) is 26.3 Å². The summed E-state index contributed by atoms with van der Waals surface area (Å²) in [7, 11) is 1.68. The molecule has 100 valence electrons. The average molecular weight is 251 g/mol. The molecule has 0 aliphatic carbocycles. The Balaban J connectivity index is 1.90. The van der Waals surface area contributed by atoms with Crippen LogP contribution in [0.1, 0.15) is 25.8 Å². The van der Waals surface area contributed by atoms with E-state index in [0.29, 0.717) is 11.9 Å². The Morgan fingerprint density at radius 1 is 1.56 bits per heavy atom. The van der Waals surface area contributed by atoms with E-state index in [1.807, 2.05) is 23.9 Å². The van der Waals surface area contributed by atoms with E-state index in [2.05, 4.69) is 15.3 Å². The topological polar surface area (TPSA) is 76.2 Å². The van der Waals surface area contributed by atoms with Gasteiger partial charge in [-0.25, -0.2) is 0 Å². The number of hydrogen-bond donors (Lipinski definition) is 2. The van der Waals surface area contributed by atoms with Gasteiger partial charge in [-0.3, -0.25) is 14.4 Å². The van der Waals surface area contributed by atoms with Crippen molar-refractivity contribution in [2.75, 3.05) is 25.9 Å². The third kappa shape index (κ3) is 2.64. The second-order valence-corrected chi connectivity index (χ2v) is 4.78. The summed E-state index contributed by atoms with van der Waals surface area (Å²) in [6.45, 7) is 3.78. The maximum atomic E-state index is 11.6. The number of hydrogen-bond acceptors (Lipinski definition) is 4. The summed E-state index contributed by atoms with van der Waals surface area (Å²) in [4.78, 5) is 13.8. The van der Waals surface area contributed by atoms with Crippen LogP contribution in [0, 0.1) is 0 Å². The molecule has 1 aromatic heterocycles. The van der Waals surface area contributed by atoms with Crippen molar-refractivity contribution < 1.29 is 4.79 Å². The van der Waals surface area contributed by atoms with Crippen molar-refractivity contribution in [3.8, 4) is 0 Å². The number of aromatic nitrogens is 2. The number of anilines is 1. The second kappa shape index (κ2) is 5.39. The highest BCUT2D eigenvalue weighted by atomic mass is 16.2. The predicted molar refractivity (Wildman–Crippen MR) is 70.0 cm³/mol. The molecule has 1 saturated heterocycles. The number of carbonyl (C=O) groups excluding carboxylic acids is 1. The molecule has 6 nitrogen and oxygen atoms in total. The second-order valence-electron chi connectivity index (χ2n) is 4.78. The van der Waals surface area contributed by atoms with Crippen molar-refractivity contribution in [1.29, 1.82) is 0 Å². The predicted octanol–water partition coefficient (Wildman–Crippen LogP) is 0.237. The molecule has 3 N–H and O–H groups in total. The summed E-state index contributed by atoms with van der Waals surface area (Å²) in [6.07, 6.45) is 3.93. The number of nitrogens with zero attached hydrogens (tertiary/aromatic N) is 3. The highest BCUT2D eigenvalue weighted by molar-refractivity contribution is 5.80. The van der Waals surface area contributed by atoms with Gasteiger partial charge in [0.15, 0.2) is 0 Å². The van der Waals surface area contributed by atoms with Gasteiger partial charge in [-0.2, -0.15) is 5.10 Å². The minimum Gasteiger partial charge on any atom is -0.382 e. The summed E-state index contributed by atoms with van der Waals surface area (Å²) >= 11 is 0. The first-order valence-corrected chi connectivity index (χ1v) is 6.38. The largest absolute Gasteiger partial charge is 0.382 e. The molecule has 2 heterocycles. The molecular formula is C12H21N5O. The van der Waals surface area contributed by atoms with Gasteiger partial charge in [0.2, 0.25) is 5.91 Å². The standard InChI is InChI=1S/C12H21N5O/c1-9(12(18)14-2)16-6-3-10(4-7-16)17-8-5-11(13)15-17/h5,8-10H,3-4,6-7H2,1-2H3,(H2,13,15)(H,14,18). The van der Waals surface area contributed by atoms with Gasteiger partial charge < -0.3 is 11.1 Å². The normalized spacial score (nSPS) is 19.7. The molecule has 1 fully saturated rings. The maximum Gasteiger partial charge on any atom is 0.236 e. The van der Waals surface area contributed by atoms with E-state index >= 15 is 0 Å². The van der Waals surface area contributed by atoms with Crippen LogP contribution in [-0.2, 0) is 4.79 Å². The molecular weight excluding hydrogens is 230 g/mol. The van der Waals surface area contributed by atoms with Crippen LogP contribution in [0.5, 0.6) is 0 Å². The Labute approximate surface area is 107 Å². The van der Waals surface area contributed by atoms with Crippen molar-refractivity contribution in [1.82, 2.24) is 20.0 Å². The molecule has 1 aromatic rings. The van der Waals surface area contributed by atoms with Crippen LogP contribution in [-0.4, -0.2) is 46.8 Å². The van der Waals surface area contributed by atoms with Crippen molar-refractivity contribution in [2.24, 2.45) is 0 Å². The molecule has 1 unspecified atom stereocenters. The van der Waals surface area contributed by atoms with E-state index in [4.69, 9.17) is 5.73 Å². The number of nitrogen functional groups attached to an aromatic ring is 1. The van der Waals surface area contributed by atoms with Crippen LogP contribution >= 0.6 is 0 Å². The Morgan fingerprint density at radius 3 is 2.72 bits per heavy atom. The molecule has 6 heteroatoms. The van der Waals surface area contributed by atoms with E-state index < -0.39 is 0 Å². The number of likely N-dealkylation sites (tertiary alicyclic amines) is 1. The molecule has 0 aromatic carbocycles. The quantitative estimate of drug-likeness (QED) is 0.806. The monoisotopic (exact) mass is 251 g/mol. The zero-order valence-corrected chi connectivity index (χ0v) is 11.0. The van der Waals surface area contributed by atoms with Gasteiger partial charge in [0.25, 0.3) is 0 Å². The fourth-order valence-corrected chi connectivity index (χ4v) is 2.47. The molecule has 0 saturated carbocycles. The molecule has 1 atom stereocenters. The minimum atomic E-state index is -0.0568. The summed E-state index contributed by atoms with van der Waals surface area (Å²) < 4.78 is 1.94. The SMILES string of the molecule is CNC(=O)C(C)N1CCC(n2ccc(N)n2)CC1. The number of rotatable bonds is 3. The fraction of sp³-hybridized carbons (Fsp3) is 0.667. The van der Waals surface area contributed by atoms with Crippen molar-refractivity contribution >= 4 is 11.7 Å². The Bertz CT molecular complexity index is 408. The first-order chi connectivity index (χ1) is 8.61. The van der Waals surface area contributed by atoms with E-state index in [1.54, 1.807) is 7.05 Å². The average Bonchev–Trinajstić information content (AvgIpc) is 2.84. The minimum absolute atomic E-state index is 0.0568. The number of carbonyl (C=O) groups is 1. The lowest BCUT2D eigenvalue weighted by Gasteiger charge is -2.35. The molecule has 1 amide bonds. The molecule has 18 heavy (non-hydrogen) atoms. The first kappa shape index (κ1) is 12.9. The first-order valence-electron chi connectivity index (χ1n) is 6.38. The molecule has 2 rings (SSSR count). The van der Waals surface area contributed by atoms with E-state index in [0.717, 1.165) is 25.9 Å². The van der Waals surface area contributed by atoms with Crippen LogP contribution in [0.15, 0.2) is 12.3 Å². The number of likely N-dealkylation sites (N-methyl/N-ethyl adjacent to an activating group) is 1. The summed E-state index contributed by atoms with van der Waals surface area (Å²) in [5.41, 5.74) is 5.62. The highest BCUT2D eigenvalue weighted by Gasteiger charge is 2.26. The third-order valence-corrected chi connectivity index (χ3v) is 3.68. The van der Waals surface area contributed by atoms with Gasteiger partial charge in [0.1, 0.15) is 5.82 Å². The van der Waals surface area contributed by atoms with Gasteiger partial charge in [-0.15, -0.1) is 0 Å². The van der Waals surface area contributed by atoms with Crippen LogP contribution in [0.3, 0.4) is 0 Å². The van der Waals surface area contributed by atoms with Gasteiger partial charge in [-0.1, -0.05) is 0 Å².